The first-order valence-corrected chi connectivity index (χ1v) is 11.1. The Morgan fingerprint density at radius 2 is 1.59 bits per heavy atom. The number of benzene rings is 2. The van der Waals surface area contributed by atoms with Gasteiger partial charge in [-0.25, -0.2) is 0 Å². The van der Waals surface area contributed by atoms with E-state index in [1.54, 1.807) is 6.92 Å². The van der Waals surface area contributed by atoms with Crippen molar-refractivity contribution in [2.24, 2.45) is 5.92 Å². The van der Waals surface area contributed by atoms with Gasteiger partial charge in [0.15, 0.2) is 0 Å². The number of carbonyl (C=O) groups excluding carboxylic acids is 1. The van der Waals surface area contributed by atoms with Crippen LogP contribution < -0.4 is 5.32 Å². The Kier molecular flexibility index (Phi) is 7.65. The fraction of sp³-hybridized carbons (Fsp3) is 0.480. The van der Waals surface area contributed by atoms with E-state index in [9.17, 15) is 31.1 Å². The Morgan fingerprint density at radius 3 is 2.09 bits per heavy atom. The third kappa shape index (κ3) is 6.11. The van der Waals surface area contributed by atoms with Crippen molar-refractivity contribution in [3.8, 4) is 0 Å². The Bertz CT molecular complexity index is 949. The molecule has 34 heavy (non-hydrogen) atoms. The molecule has 0 saturated heterocycles. The highest BCUT2D eigenvalue weighted by Gasteiger charge is 2.46. The van der Waals surface area contributed by atoms with E-state index in [1.807, 2.05) is 30.3 Å². The van der Waals surface area contributed by atoms with Gasteiger partial charge in [-0.2, -0.15) is 26.3 Å². The first-order chi connectivity index (χ1) is 15.8. The van der Waals surface area contributed by atoms with Crippen molar-refractivity contribution in [2.75, 3.05) is 13.2 Å². The summed E-state index contributed by atoms with van der Waals surface area (Å²) in [5.41, 5.74) is -2.34. The van der Waals surface area contributed by atoms with Gasteiger partial charge in [-0.1, -0.05) is 37.3 Å². The lowest BCUT2D eigenvalue weighted by Gasteiger charge is -2.48. The summed E-state index contributed by atoms with van der Waals surface area (Å²) in [6.07, 6.45) is -9.05. The van der Waals surface area contributed by atoms with Crippen LogP contribution in [0.3, 0.4) is 0 Å². The quantitative estimate of drug-likeness (QED) is 0.422. The van der Waals surface area contributed by atoms with Crippen molar-refractivity contribution in [2.45, 2.75) is 57.0 Å². The molecule has 0 heterocycles. The zero-order valence-corrected chi connectivity index (χ0v) is 18.9. The molecule has 1 atom stereocenters. The smallest absolute Gasteiger partial charge is 0.373 e. The molecule has 1 fully saturated rings. The number of rotatable bonds is 8. The third-order valence-electron chi connectivity index (χ3n) is 6.34. The van der Waals surface area contributed by atoms with E-state index in [4.69, 9.17) is 4.74 Å². The van der Waals surface area contributed by atoms with E-state index >= 15 is 0 Å². The van der Waals surface area contributed by atoms with Crippen LogP contribution in [-0.4, -0.2) is 19.1 Å². The number of nitrogens with one attached hydrogen (secondary N) is 1. The average molecular weight is 487 g/mol. The molecule has 1 amide bonds. The lowest BCUT2D eigenvalue weighted by Crippen LogP contribution is -2.49. The molecule has 0 radical (unpaired) electrons. The van der Waals surface area contributed by atoms with Crippen LogP contribution in [0, 0.1) is 5.92 Å². The highest BCUT2D eigenvalue weighted by molar-refractivity contribution is 5.75. The van der Waals surface area contributed by atoms with Crippen molar-refractivity contribution in [1.29, 1.82) is 0 Å². The second kappa shape index (κ2) is 9.98. The summed E-state index contributed by atoms with van der Waals surface area (Å²) in [6, 6.07) is 11.0. The van der Waals surface area contributed by atoms with Gasteiger partial charge in [0.1, 0.15) is 0 Å². The number of amides is 1. The molecule has 1 saturated carbocycles. The van der Waals surface area contributed by atoms with Gasteiger partial charge in [0, 0.05) is 18.4 Å². The Morgan fingerprint density at radius 1 is 1.03 bits per heavy atom. The fourth-order valence-corrected chi connectivity index (χ4v) is 4.40. The number of ether oxygens (including phenoxy) is 1. The monoisotopic (exact) mass is 487 g/mol. The molecule has 1 N–H and O–H groups in total. The first kappa shape index (κ1) is 26.1. The van der Waals surface area contributed by atoms with Crippen molar-refractivity contribution in [3.05, 3.63) is 70.8 Å². The summed E-state index contributed by atoms with van der Waals surface area (Å²) < 4.78 is 85.2. The second-order valence-electron chi connectivity index (χ2n) is 8.87. The molecular formula is C25H27F6NO2. The normalized spacial score (nSPS) is 21.6. The van der Waals surface area contributed by atoms with Crippen LogP contribution in [0.1, 0.15) is 61.5 Å². The molecule has 186 valence electrons. The lowest BCUT2D eigenvalue weighted by molar-refractivity contribution is -0.143. The molecule has 0 aliphatic heterocycles. The highest BCUT2D eigenvalue weighted by atomic mass is 19.4. The highest BCUT2D eigenvalue weighted by Crippen LogP contribution is 2.48. The number of halogens is 6. The topological polar surface area (TPSA) is 38.3 Å². The molecule has 2 aromatic rings. The van der Waals surface area contributed by atoms with Crippen molar-refractivity contribution < 1.29 is 35.9 Å². The maximum atomic E-state index is 13.2. The van der Waals surface area contributed by atoms with Crippen LogP contribution in [0.4, 0.5) is 26.3 Å². The van der Waals surface area contributed by atoms with Crippen molar-refractivity contribution in [3.63, 3.8) is 0 Å². The summed E-state index contributed by atoms with van der Waals surface area (Å²) in [5.74, 6) is 0.159. The van der Waals surface area contributed by atoms with Crippen molar-refractivity contribution in [1.82, 2.24) is 5.32 Å². The van der Waals surface area contributed by atoms with Gasteiger partial charge in [0.2, 0.25) is 5.91 Å². The Hall–Kier alpha value is -2.55. The van der Waals surface area contributed by atoms with Crippen LogP contribution in [0.15, 0.2) is 48.5 Å². The largest absolute Gasteiger partial charge is 0.416 e. The summed E-state index contributed by atoms with van der Waals surface area (Å²) in [4.78, 5) is 11.6. The molecule has 1 aliphatic carbocycles. The standard InChI is InChI=1S/C25H27F6NO2/c1-3-22(33)32-14-17-12-23(13-17,19-7-5-4-6-8-19)15-34-16(2)18-9-20(24(26,27)28)11-21(10-18)25(29,30)31/h4-11,16-17H,3,12-15H2,1-2H3,(H,32,33)/t16-,17?,23?/m1/s1. The molecule has 0 aromatic heterocycles. The number of hydrogen-bond acceptors (Lipinski definition) is 2. The molecule has 9 heteroatoms. The van der Waals surface area contributed by atoms with Gasteiger partial charge >= 0.3 is 12.4 Å². The molecule has 2 aromatic carbocycles. The zero-order valence-electron chi connectivity index (χ0n) is 18.9. The summed E-state index contributed by atoms with van der Waals surface area (Å²) >= 11 is 0. The molecule has 0 bridgehead atoms. The number of carbonyl (C=O) groups is 1. The zero-order chi connectivity index (χ0) is 25.1. The van der Waals surface area contributed by atoms with E-state index in [0.29, 0.717) is 37.9 Å². The molecule has 1 aliphatic rings. The third-order valence-corrected chi connectivity index (χ3v) is 6.34. The van der Waals surface area contributed by atoms with Gasteiger partial charge in [0.05, 0.1) is 23.8 Å². The van der Waals surface area contributed by atoms with Gasteiger partial charge in [0.25, 0.3) is 0 Å². The van der Waals surface area contributed by atoms with Crippen LogP contribution in [0.2, 0.25) is 0 Å². The molecule has 3 rings (SSSR count). The van der Waals surface area contributed by atoms with Gasteiger partial charge in [-0.05, 0) is 55.0 Å². The molecule has 3 nitrogen and oxygen atoms in total. The molecule has 0 unspecified atom stereocenters. The summed E-state index contributed by atoms with van der Waals surface area (Å²) in [5, 5.41) is 2.86. The van der Waals surface area contributed by atoms with Gasteiger partial charge < -0.3 is 10.1 Å². The van der Waals surface area contributed by atoms with Crippen molar-refractivity contribution >= 4 is 5.91 Å². The minimum atomic E-state index is -4.91. The van der Waals surface area contributed by atoms with Crippen LogP contribution in [0.25, 0.3) is 0 Å². The Labute approximate surface area is 194 Å². The van der Waals surface area contributed by atoms with E-state index in [1.165, 1.54) is 6.92 Å². The fourth-order valence-electron chi connectivity index (χ4n) is 4.40. The van der Waals surface area contributed by atoms with Crippen LogP contribution >= 0.6 is 0 Å². The van der Waals surface area contributed by atoms with Gasteiger partial charge in [-0.15, -0.1) is 0 Å². The van der Waals surface area contributed by atoms with E-state index in [-0.39, 0.29) is 30.1 Å². The first-order valence-electron chi connectivity index (χ1n) is 11.1. The molecular weight excluding hydrogens is 460 g/mol. The summed E-state index contributed by atoms with van der Waals surface area (Å²) in [7, 11) is 0. The predicted molar refractivity (Wildman–Crippen MR) is 115 cm³/mol. The molecule has 0 spiro atoms. The van der Waals surface area contributed by atoms with E-state index in [2.05, 4.69) is 5.32 Å². The maximum absolute atomic E-state index is 13.2. The number of hydrogen-bond donors (Lipinski definition) is 1. The SMILES string of the molecule is CCC(=O)NCC1CC(CO[C@H](C)c2cc(C(F)(F)F)cc(C(F)(F)F)c2)(c2ccccc2)C1. The van der Waals surface area contributed by atoms with E-state index in [0.717, 1.165) is 5.56 Å². The van der Waals surface area contributed by atoms with Gasteiger partial charge in [-0.3, -0.25) is 4.79 Å². The second-order valence-corrected chi connectivity index (χ2v) is 8.87. The maximum Gasteiger partial charge on any atom is 0.416 e. The Balaban J connectivity index is 1.78. The van der Waals surface area contributed by atoms with E-state index < -0.39 is 35.0 Å². The minimum absolute atomic E-state index is 0.0490. The minimum Gasteiger partial charge on any atom is -0.373 e. The number of alkyl halides is 6. The van der Waals surface area contributed by atoms with Crippen LogP contribution in [-0.2, 0) is 27.3 Å². The lowest BCUT2D eigenvalue weighted by atomic mass is 9.59. The van der Waals surface area contributed by atoms with Crippen LogP contribution in [0.5, 0.6) is 0 Å². The summed E-state index contributed by atoms with van der Waals surface area (Å²) in [6.45, 7) is 3.86. The average Bonchev–Trinajstić information content (AvgIpc) is 2.76. The predicted octanol–water partition coefficient (Wildman–Crippen LogP) is 6.68.